The van der Waals surface area contributed by atoms with Gasteiger partial charge in [-0.15, -0.1) is 0 Å². The lowest BCUT2D eigenvalue weighted by atomic mass is 9.94. The van der Waals surface area contributed by atoms with E-state index >= 15 is 0 Å². The molecule has 1 aliphatic rings. The van der Waals surface area contributed by atoms with E-state index < -0.39 is 156 Å². The summed E-state index contributed by atoms with van der Waals surface area (Å²) < 4.78 is 0. The van der Waals surface area contributed by atoms with Gasteiger partial charge < -0.3 is 61.1 Å². The molecule has 1 fully saturated rings. The molecule has 0 unspecified atom stereocenters. The van der Waals surface area contributed by atoms with Crippen LogP contribution < -0.4 is 26.6 Å². The number of rotatable bonds is 14. The largest absolute Gasteiger partial charge is 0.390 e. The number of carbonyl (C=O) groups excluding carboxylic acids is 11. The van der Waals surface area contributed by atoms with Gasteiger partial charge in [-0.05, 0) is 87.4 Å². The van der Waals surface area contributed by atoms with Crippen molar-refractivity contribution in [3.05, 3.63) is 0 Å². The maximum atomic E-state index is 14.8. The van der Waals surface area contributed by atoms with Gasteiger partial charge in [-0.1, -0.05) is 110 Å². The zero-order valence-electron chi connectivity index (χ0n) is 54.0. The topological polar surface area (TPSA) is 288 Å². The first kappa shape index (κ1) is 74.1. The monoisotopic (exact) mass is 1160 g/mol. The summed E-state index contributed by atoms with van der Waals surface area (Å²) in [6.45, 7) is 29.2. The molecule has 0 radical (unpaired) electrons. The number of nitrogens with one attached hydrogen (secondary N) is 5. The van der Waals surface area contributed by atoms with E-state index in [1.54, 1.807) is 48.5 Å². The van der Waals surface area contributed by atoms with Gasteiger partial charge in [-0.25, -0.2) is 0 Å². The fraction of sp³-hybridized carbons (Fsp3) is 0.814. The normalized spacial score (nSPS) is 26.9. The molecule has 82 heavy (non-hydrogen) atoms. The highest BCUT2D eigenvalue weighted by molar-refractivity contribution is 5.99. The van der Waals surface area contributed by atoms with E-state index in [1.165, 1.54) is 75.7 Å². The molecule has 0 aliphatic carbocycles. The van der Waals surface area contributed by atoms with E-state index in [2.05, 4.69) is 26.6 Å². The first-order valence-electron chi connectivity index (χ1n) is 29.5. The molecule has 23 heteroatoms. The van der Waals surface area contributed by atoms with Crippen LogP contribution in [0.4, 0.5) is 0 Å². The molecule has 0 aromatic heterocycles. The summed E-state index contributed by atoms with van der Waals surface area (Å²) in [7, 11) is 8.42. The van der Waals surface area contributed by atoms with Crippen LogP contribution in [0.2, 0.25) is 0 Å². The third-order valence-corrected chi connectivity index (χ3v) is 15.2. The van der Waals surface area contributed by atoms with Crippen LogP contribution in [0.5, 0.6) is 0 Å². The number of hydrogen-bond acceptors (Lipinski definition) is 12. The summed E-state index contributed by atoms with van der Waals surface area (Å²) in [5, 5.41) is 25.5. The molecular formula is C59H107N11O12. The van der Waals surface area contributed by atoms with Crippen LogP contribution in [0.15, 0.2) is 0 Å². The van der Waals surface area contributed by atoms with Crippen LogP contribution in [-0.4, -0.2) is 215 Å². The predicted molar refractivity (Wildman–Crippen MR) is 315 cm³/mol. The number of amides is 11. The fourth-order valence-electron chi connectivity index (χ4n) is 9.97. The summed E-state index contributed by atoms with van der Waals surface area (Å²) >= 11 is 0. The van der Waals surface area contributed by atoms with Crippen LogP contribution in [0.25, 0.3) is 0 Å². The highest BCUT2D eigenvalue weighted by atomic mass is 16.3. The Morgan fingerprint density at radius 2 is 0.793 bits per heavy atom. The number of likely N-dealkylation sites (N-methyl/N-ethyl adjacent to an activating group) is 6. The lowest BCUT2D eigenvalue weighted by molar-refractivity contribution is -0.151. The molecule has 0 bridgehead atoms. The van der Waals surface area contributed by atoms with Crippen molar-refractivity contribution in [3.8, 4) is 0 Å². The third-order valence-electron chi connectivity index (χ3n) is 15.2. The van der Waals surface area contributed by atoms with Gasteiger partial charge in [0.15, 0.2) is 0 Å². The second-order valence-electron chi connectivity index (χ2n) is 25.5. The van der Waals surface area contributed by atoms with Gasteiger partial charge >= 0.3 is 0 Å². The van der Waals surface area contributed by atoms with Crippen molar-refractivity contribution in [1.29, 1.82) is 0 Å². The van der Waals surface area contributed by atoms with Crippen LogP contribution >= 0.6 is 0 Å². The van der Waals surface area contributed by atoms with Crippen molar-refractivity contribution in [2.75, 3.05) is 48.8 Å². The van der Waals surface area contributed by atoms with E-state index in [-0.39, 0.29) is 55.8 Å². The highest BCUT2D eigenvalue weighted by Gasteiger charge is 2.44. The molecule has 0 aromatic carbocycles. The first-order chi connectivity index (χ1) is 37.7. The Morgan fingerprint density at radius 3 is 1.20 bits per heavy atom. The Balaban J connectivity index is 4.23. The molecule has 11 atom stereocenters. The molecular weight excluding hydrogens is 1050 g/mol. The number of aliphatic hydroxyl groups is 1. The Labute approximate surface area is 490 Å². The number of carbonyl (C=O) groups is 11. The number of hydrogen-bond donors (Lipinski definition) is 6. The first-order valence-corrected chi connectivity index (χ1v) is 29.5. The average Bonchev–Trinajstić information content (AvgIpc) is 3.59. The third kappa shape index (κ3) is 21.1. The molecule has 0 spiro atoms. The maximum absolute atomic E-state index is 14.8. The molecule has 6 N–H and O–H groups in total. The summed E-state index contributed by atoms with van der Waals surface area (Å²) in [4.78, 5) is 166. The molecule has 1 heterocycles. The molecule has 1 rings (SSSR count). The molecule has 0 aromatic rings. The zero-order chi connectivity index (χ0) is 63.7. The van der Waals surface area contributed by atoms with Gasteiger partial charge in [0, 0.05) is 42.3 Å². The van der Waals surface area contributed by atoms with Crippen LogP contribution in [0.1, 0.15) is 156 Å². The summed E-state index contributed by atoms with van der Waals surface area (Å²) in [5.74, 6) is -9.76. The second-order valence-corrected chi connectivity index (χ2v) is 25.5. The maximum Gasteiger partial charge on any atom is 0.246 e. The highest BCUT2D eigenvalue weighted by Crippen LogP contribution is 2.23. The van der Waals surface area contributed by atoms with Crippen molar-refractivity contribution in [1.82, 2.24) is 56.0 Å². The summed E-state index contributed by atoms with van der Waals surface area (Å²) in [6.07, 6.45) is -0.358. The van der Waals surface area contributed by atoms with Gasteiger partial charge in [-0.2, -0.15) is 0 Å². The minimum atomic E-state index is -1.58. The number of aliphatic hydroxyl groups excluding tert-OH is 1. The Kier molecular flexibility index (Phi) is 30.2. The van der Waals surface area contributed by atoms with Gasteiger partial charge in [0.1, 0.15) is 60.4 Å². The van der Waals surface area contributed by atoms with Crippen LogP contribution in [0, 0.1) is 41.4 Å². The van der Waals surface area contributed by atoms with Crippen LogP contribution in [0.3, 0.4) is 0 Å². The van der Waals surface area contributed by atoms with Gasteiger partial charge in [-0.3, -0.25) is 52.7 Å². The van der Waals surface area contributed by atoms with E-state index in [1.807, 2.05) is 55.4 Å². The van der Waals surface area contributed by atoms with Crippen molar-refractivity contribution in [2.24, 2.45) is 41.4 Å². The molecule has 0 saturated carbocycles. The minimum Gasteiger partial charge on any atom is -0.390 e. The minimum absolute atomic E-state index is 0.0986. The Hall–Kier alpha value is -5.87. The second kappa shape index (κ2) is 33.4. The van der Waals surface area contributed by atoms with E-state index in [0.717, 1.165) is 9.80 Å². The smallest absolute Gasteiger partial charge is 0.246 e. The summed E-state index contributed by atoms with van der Waals surface area (Å²) in [5.41, 5.74) is 0. The van der Waals surface area contributed by atoms with Gasteiger partial charge in [0.05, 0.1) is 12.6 Å². The summed E-state index contributed by atoms with van der Waals surface area (Å²) in [6, 6.07) is -12.3. The van der Waals surface area contributed by atoms with E-state index in [0.29, 0.717) is 6.42 Å². The fourth-order valence-corrected chi connectivity index (χ4v) is 9.97. The standard InChI is InChI=1S/C59H107N11O12/c1-24-25-40-56(79)65(18)30-45(71)66(19)41(26-31(2)3)52(75)63-46(35(10)11)58(81)68(21)42(27-32(4)5)51(74)60-38(16)50(73)61-39(17)55(78)69(22)44(29-34(8)9)57(80)67(20)43(28-33(6)7)53(76)64-47(36(12)13)59(82)70(23)48(54(77)62-40)49(72)37(14)15/h31-44,46-49,72H,24-30H2,1-23H3,(H,60,74)(H,61,73)(H,62,77)(H,63,75)(H,64,76)/t38-,39+,40-,41-,42-,43-,44-,46-,47-,48-,49+/m0/s1. The lowest BCUT2D eigenvalue weighted by Gasteiger charge is -2.38. The Bertz CT molecular complexity index is 2200. The average molecular weight is 1160 g/mol. The van der Waals surface area contributed by atoms with Crippen LogP contribution in [-0.2, 0) is 52.7 Å². The molecule has 470 valence electrons. The van der Waals surface area contributed by atoms with Crippen molar-refractivity contribution in [3.63, 3.8) is 0 Å². The van der Waals surface area contributed by atoms with Gasteiger partial charge in [0.25, 0.3) is 0 Å². The van der Waals surface area contributed by atoms with Gasteiger partial charge in [0.2, 0.25) is 65.0 Å². The SMILES string of the molecule is CCC[C@@H]1NC(=O)[C@H]([C@H](O)C(C)C)N(C)C(=O)[C@H](C(C)C)NC(=O)[C@H](CC(C)C)N(C)C(=O)[C@H](CC(C)C)N(C)C(=O)[C@@H](C)NC(=O)[C@H](C)NC(=O)[C@H](CC(C)C)N(C)C(=O)[C@H](C(C)C)NC(=O)[C@H](CC(C)C)N(C)C(=O)CN(C)C1=O. The predicted octanol–water partition coefficient (Wildman–Crippen LogP) is 2.37. The Morgan fingerprint density at radius 1 is 0.427 bits per heavy atom. The lowest BCUT2D eigenvalue weighted by Crippen LogP contribution is -2.63. The zero-order valence-corrected chi connectivity index (χ0v) is 54.0. The van der Waals surface area contributed by atoms with E-state index in [9.17, 15) is 57.8 Å². The van der Waals surface area contributed by atoms with Crippen molar-refractivity contribution in [2.45, 2.75) is 223 Å². The quantitative estimate of drug-likeness (QED) is 0.146. The molecule has 1 aliphatic heterocycles. The molecule has 11 amide bonds. The molecule has 23 nitrogen and oxygen atoms in total. The van der Waals surface area contributed by atoms with E-state index in [4.69, 9.17) is 0 Å². The van der Waals surface area contributed by atoms with Crippen molar-refractivity contribution < 1.29 is 57.8 Å². The molecule has 1 saturated heterocycles. The number of nitrogens with zero attached hydrogens (tertiary/aromatic N) is 6. The van der Waals surface area contributed by atoms with Crippen molar-refractivity contribution >= 4 is 65.0 Å².